The highest BCUT2D eigenvalue weighted by Crippen LogP contribution is 2.20. The van der Waals surface area contributed by atoms with Crippen molar-refractivity contribution in [1.82, 2.24) is 0 Å². The Labute approximate surface area is 94.4 Å². The quantitative estimate of drug-likeness (QED) is 0.362. The molecule has 0 unspecified atom stereocenters. The second-order valence-corrected chi connectivity index (χ2v) is 4.97. The number of hydrogen-bond acceptors (Lipinski definition) is 0. The summed E-state index contributed by atoms with van der Waals surface area (Å²) in [7, 11) is 4.49. The monoisotopic (exact) mass is 283 g/mol. The van der Waals surface area contributed by atoms with Gasteiger partial charge >= 0.3 is 0 Å². The zero-order valence-corrected chi connectivity index (χ0v) is 11.4. The molecule has 0 aromatic heterocycles. The van der Waals surface area contributed by atoms with Gasteiger partial charge in [-0.05, 0) is 33.3 Å². The maximum Gasteiger partial charge on any atom is 0.0997 e. The van der Waals surface area contributed by atoms with Crippen molar-refractivity contribution in [3.05, 3.63) is 12.2 Å². The van der Waals surface area contributed by atoms with Gasteiger partial charge in [-0.15, -0.1) is 0 Å². The molecule has 2 heteroatoms. The van der Waals surface area contributed by atoms with Crippen molar-refractivity contribution in [2.75, 3.05) is 20.6 Å². The number of nitrogens with zero attached hydrogens (tertiary/aromatic N) is 1. The molecule has 0 aliphatic rings. The lowest BCUT2D eigenvalue weighted by molar-refractivity contribution is -0.931. The van der Waals surface area contributed by atoms with Crippen molar-refractivity contribution < 1.29 is 28.5 Å². The Kier molecular flexibility index (Phi) is 5.73. The predicted octanol–water partition coefficient (Wildman–Crippen LogP) is -0.559. The minimum absolute atomic E-state index is 0. The molecule has 12 heavy (non-hydrogen) atoms. The molecular formula is C10H22IN. The van der Waals surface area contributed by atoms with Crippen molar-refractivity contribution in [2.45, 2.75) is 33.2 Å². The first-order valence-electron chi connectivity index (χ1n) is 4.14. The van der Waals surface area contributed by atoms with Gasteiger partial charge in [-0.2, -0.15) is 0 Å². The molecule has 0 spiro atoms. The fourth-order valence-corrected chi connectivity index (χ4v) is 0.912. The summed E-state index contributed by atoms with van der Waals surface area (Å²) in [6.45, 7) is 13.9. The highest BCUT2D eigenvalue weighted by molar-refractivity contribution is 4.88. The van der Waals surface area contributed by atoms with Crippen LogP contribution < -0.4 is 24.0 Å². The van der Waals surface area contributed by atoms with E-state index in [-0.39, 0.29) is 24.0 Å². The summed E-state index contributed by atoms with van der Waals surface area (Å²) in [5.41, 5.74) is 1.56. The maximum absolute atomic E-state index is 3.94. The first kappa shape index (κ1) is 14.9. The molecule has 0 amide bonds. The van der Waals surface area contributed by atoms with Gasteiger partial charge in [0.1, 0.15) is 0 Å². The Bertz CT molecular complexity index is 154. The lowest BCUT2D eigenvalue weighted by Crippen LogP contribution is -3.00. The fourth-order valence-electron chi connectivity index (χ4n) is 0.912. The van der Waals surface area contributed by atoms with Crippen molar-refractivity contribution in [3.63, 3.8) is 0 Å². The van der Waals surface area contributed by atoms with E-state index in [4.69, 9.17) is 0 Å². The number of halogens is 1. The highest BCUT2D eigenvalue weighted by atomic mass is 127. The van der Waals surface area contributed by atoms with E-state index < -0.39 is 0 Å². The Balaban J connectivity index is 0. The molecule has 0 heterocycles. The third-order valence-corrected chi connectivity index (χ3v) is 2.48. The molecule has 0 saturated heterocycles. The number of rotatable bonds is 2. The van der Waals surface area contributed by atoms with Gasteiger partial charge in [0.2, 0.25) is 0 Å². The molecule has 0 N–H and O–H groups in total. The topological polar surface area (TPSA) is 0 Å². The van der Waals surface area contributed by atoms with E-state index in [2.05, 4.69) is 48.4 Å². The Morgan fingerprint density at radius 1 is 1.25 bits per heavy atom. The van der Waals surface area contributed by atoms with E-state index >= 15 is 0 Å². The number of hydrogen-bond donors (Lipinski definition) is 0. The van der Waals surface area contributed by atoms with Crippen LogP contribution in [0.2, 0.25) is 0 Å². The van der Waals surface area contributed by atoms with Crippen LogP contribution in [0, 0.1) is 0 Å². The standard InChI is InChI=1S/C10H22N.HI/c1-9(2)8-11(6,7)10(3,4)5;/h1,8H2,2-7H3;1H/q+1;/p-1. The van der Waals surface area contributed by atoms with E-state index in [1.54, 1.807) is 0 Å². The van der Waals surface area contributed by atoms with Gasteiger partial charge in [-0.3, -0.25) is 0 Å². The first-order valence-corrected chi connectivity index (χ1v) is 4.14. The zero-order chi connectivity index (χ0) is 9.28. The van der Waals surface area contributed by atoms with Gasteiger partial charge in [0.15, 0.2) is 0 Å². The van der Waals surface area contributed by atoms with Crippen LogP contribution in [0.1, 0.15) is 27.7 Å². The van der Waals surface area contributed by atoms with E-state index in [0.717, 1.165) is 11.0 Å². The SMILES string of the molecule is C=C(C)C[N+](C)(C)C(C)(C)C.[I-]. The van der Waals surface area contributed by atoms with E-state index in [0.29, 0.717) is 5.54 Å². The zero-order valence-electron chi connectivity index (χ0n) is 9.24. The summed E-state index contributed by atoms with van der Waals surface area (Å²) in [6, 6.07) is 0. The summed E-state index contributed by atoms with van der Waals surface area (Å²) < 4.78 is 1.00. The van der Waals surface area contributed by atoms with Gasteiger partial charge in [0.25, 0.3) is 0 Å². The van der Waals surface area contributed by atoms with Gasteiger partial charge in [0, 0.05) is 0 Å². The molecule has 0 atom stereocenters. The van der Waals surface area contributed by atoms with Gasteiger partial charge in [-0.1, -0.05) is 6.58 Å². The van der Waals surface area contributed by atoms with Crippen molar-refractivity contribution in [1.29, 1.82) is 0 Å². The molecule has 1 nitrogen and oxygen atoms in total. The molecule has 0 saturated carbocycles. The molecular weight excluding hydrogens is 261 g/mol. The Morgan fingerprint density at radius 3 is 1.67 bits per heavy atom. The predicted molar refractivity (Wildman–Crippen MR) is 51.5 cm³/mol. The van der Waals surface area contributed by atoms with E-state index in [9.17, 15) is 0 Å². The molecule has 74 valence electrons. The summed E-state index contributed by atoms with van der Waals surface area (Å²) in [4.78, 5) is 0. The third-order valence-electron chi connectivity index (χ3n) is 2.48. The third kappa shape index (κ3) is 4.45. The van der Waals surface area contributed by atoms with Gasteiger partial charge < -0.3 is 28.5 Å². The fraction of sp³-hybridized carbons (Fsp3) is 0.800. The van der Waals surface area contributed by atoms with Crippen LogP contribution in [-0.4, -0.2) is 30.7 Å². The summed E-state index contributed by atoms with van der Waals surface area (Å²) in [5, 5.41) is 0. The Hall–Kier alpha value is 0.430. The molecule has 0 aromatic carbocycles. The molecule has 0 aliphatic carbocycles. The minimum atomic E-state index is 0. The van der Waals surface area contributed by atoms with Crippen LogP contribution in [0.4, 0.5) is 0 Å². The van der Waals surface area contributed by atoms with Crippen LogP contribution in [0.25, 0.3) is 0 Å². The van der Waals surface area contributed by atoms with Gasteiger partial charge in [0.05, 0.1) is 26.2 Å². The summed E-state index contributed by atoms with van der Waals surface area (Å²) in [5.74, 6) is 0. The number of likely N-dealkylation sites (N-methyl/N-ethyl adjacent to an activating group) is 1. The van der Waals surface area contributed by atoms with Crippen LogP contribution in [0.3, 0.4) is 0 Å². The lowest BCUT2D eigenvalue weighted by atomic mass is 10.0. The summed E-state index contributed by atoms with van der Waals surface area (Å²) in [6.07, 6.45) is 0. The first-order chi connectivity index (χ1) is 4.67. The molecule has 0 fully saturated rings. The number of quaternary nitrogens is 1. The average Bonchev–Trinajstić information content (AvgIpc) is 1.56. The molecule has 0 rings (SSSR count). The summed E-state index contributed by atoms with van der Waals surface area (Å²) >= 11 is 0. The molecule has 0 bridgehead atoms. The second-order valence-electron chi connectivity index (χ2n) is 4.97. The van der Waals surface area contributed by atoms with E-state index in [1.807, 2.05) is 0 Å². The lowest BCUT2D eigenvalue weighted by Gasteiger charge is -2.42. The van der Waals surface area contributed by atoms with Crippen molar-refractivity contribution >= 4 is 0 Å². The van der Waals surface area contributed by atoms with E-state index in [1.165, 1.54) is 5.57 Å². The van der Waals surface area contributed by atoms with Crippen LogP contribution in [-0.2, 0) is 0 Å². The van der Waals surface area contributed by atoms with Crippen molar-refractivity contribution in [2.24, 2.45) is 0 Å². The van der Waals surface area contributed by atoms with Gasteiger partial charge in [-0.25, -0.2) is 0 Å². The molecule has 0 aliphatic heterocycles. The van der Waals surface area contributed by atoms with Crippen molar-refractivity contribution in [3.8, 4) is 0 Å². The molecule has 0 aromatic rings. The maximum atomic E-state index is 3.94. The van der Waals surface area contributed by atoms with Crippen LogP contribution in [0.5, 0.6) is 0 Å². The van der Waals surface area contributed by atoms with Crippen LogP contribution >= 0.6 is 0 Å². The Morgan fingerprint density at radius 2 is 1.58 bits per heavy atom. The second kappa shape index (κ2) is 4.61. The average molecular weight is 283 g/mol. The highest BCUT2D eigenvalue weighted by Gasteiger charge is 2.30. The minimum Gasteiger partial charge on any atom is -1.00 e. The smallest absolute Gasteiger partial charge is 0.0997 e. The largest absolute Gasteiger partial charge is 1.00 e. The normalized spacial score (nSPS) is 12.2. The molecule has 0 radical (unpaired) electrons. The van der Waals surface area contributed by atoms with Crippen LogP contribution in [0.15, 0.2) is 12.2 Å².